The molecule has 1 atom stereocenters. The maximum absolute atomic E-state index is 4.23. The molecule has 0 aromatic carbocycles. The Morgan fingerprint density at radius 2 is 2.22 bits per heavy atom. The van der Waals surface area contributed by atoms with Crippen molar-refractivity contribution in [3.8, 4) is 0 Å². The van der Waals surface area contributed by atoms with E-state index in [-0.39, 0.29) is 0 Å². The van der Waals surface area contributed by atoms with Crippen molar-refractivity contribution in [2.45, 2.75) is 26.3 Å². The molecule has 6 nitrogen and oxygen atoms in total. The fraction of sp³-hybridized carbons (Fsp3) is 0.583. The van der Waals surface area contributed by atoms with Gasteiger partial charge in [0, 0.05) is 19.1 Å². The molecule has 2 heterocycles. The van der Waals surface area contributed by atoms with Crippen LogP contribution in [0.15, 0.2) is 12.7 Å². The minimum atomic E-state index is 0.601. The molecule has 0 aliphatic carbocycles. The van der Waals surface area contributed by atoms with Crippen LogP contribution >= 0.6 is 0 Å². The summed E-state index contributed by atoms with van der Waals surface area (Å²) in [5, 5.41) is 3.32. The van der Waals surface area contributed by atoms with Crippen LogP contribution in [0.2, 0.25) is 0 Å². The van der Waals surface area contributed by atoms with Gasteiger partial charge >= 0.3 is 0 Å². The lowest BCUT2D eigenvalue weighted by molar-refractivity contribution is 0.261. The Morgan fingerprint density at radius 1 is 1.39 bits per heavy atom. The van der Waals surface area contributed by atoms with Crippen LogP contribution in [0.25, 0.3) is 11.2 Å². The van der Waals surface area contributed by atoms with Crippen LogP contribution < -0.4 is 5.32 Å². The van der Waals surface area contributed by atoms with E-state index in [1.165, 1.54) is 6.33 Å². The summed E-state index contributed by atoms with van der Waals surface area (Å²) in [7, 11) is 2.14. The molecule has 0 fully saturated rings. The predicted octanol–water partition coefficient (Wildman–Crippen LogP) is 1.50. The SMILES string of the molecule is CCC(C)N(C)CCNc1ncnc2nc[nH]c12. The Kier molecular flexibility index (Phi) is 4.09. The molecule has 0 amide bonds. The molecule has 2 aromatic rings. The van der Waals surface area contributed by atoms with Gasteiger partial charge in [0.1, 0.15) is 11.8 Å². The second-order valence-electron chi connectivity index (χ2n) is 4.49. The normalized spacial score (nSPS) is 13.1. The monoisotopic (exact) mass is 248 g/mol. The first-order chi connectivity index (χ1) is 8.72. The van der Waals surface area contributed by atoms with Gasteiger partial charge in [-0.1, -0.05) is 6.92 Å². The molecule has 0 aliphatic heterocycles. The third-order valence-electron chi connectivity index (χ3n) is 3.32. The van der Waals surface area contributed by atoms with Gasteiger partial charge in [0.05, 0.1) is 6.33 Å². The molecule has 0 aliphatic rings. The third kappa shape index (κ3) is 2.76. The molecular weight excluding hydrogens is 228 g/mol. The number of anilines is 1. The van der Waals surface area contributed by atoms with Gasteiger partial charge in [0.2, 0.25) is 0 Å². The Hall–Kier alpha value is -1.69. The van der Waals surface area contributed by atoms with E-state index in [1.807, 2.05) is 0 Å². The number of nitrogens with zero attached hydrogens (tertiary/aromatic N) is 4. The summed E-state index contributed by atoms with van der Waals surface area (Å²) in [5.41, 5.74) is 1.56. The van der Waals surface area contributed by atoms with Gasteiger partial charge < -0.3 is 15.2 Å². The number of aromatic nitrogens is 4. The van der Waals surface area contributed by atoms with Crippen molar-refractivity contribution in [3.63, 3.8) is 0 Å². The molecule has 0 radical (unpaired) electrons. The lowest BCUT2D eigenvalue weighted by Gasteiger charge is -2.23. The van der Waals surface area contributed by atoms with Gasteiger partial charge in [-0.3, -0.25) is 0 Å². The molecule has 0 spiro atoms. The first-order valence-corrected chi connectivity index (χ1v) is 6.30. The van der Waals surface area contributed by atoms with E-state index in [0.29, 0.717) is 11.7 Å². The van der Waals surface area contributed by atoms with Crippen LogP contribution in [0.4, 0.5) is 5.82 Å². The fourth-order valence-electron chi connectivity index (χ4n) is 1.78. The maximum Gasteiger partial charge on any atom is 0.182 e. The molecule has 0 bridgehead atoms. The average Bonchev–Trinajstić information content (AvgIpc) is 2.86. The number of H-pyrrole nitrogens is 1. The van der Waals surface area contributed by atoms with Crippen molar-refractivity contribution in [2.24, 2.45) is 0 Å². The lowest BCUT2D eigenvalue weighted by atomic mass is 10.2. The van der Waals surface area contributed by atoms with Crippen molar-refractivity contribution in [1.82, 2.24) is 24.8 Å². The van der Waals surface area contributed by atoms with E-state index in [0.717, 1.165) is 30.8 Å². The number of likely N-dealkylation sites (N-methyl/N-ethyl adjacent to an activating group) is 1. The molecular formula is C12H20N6. The summed E-state index contributed by atoms with van der Waals surface area (Å²) < 4.78 is 0. The van der Waals surface area contributed by atoms with E-state index in [4.69, 9.17) is 0 Å². The topological polar surface area (TPSA) is 69.7 Å². The summed E-state index contributed by atoms with van der Waals surface area (Å²) in [6.45, 7) is 6.27. The van der Waals surface area contributed by atoms with E-state index in [2.05, 4.69) is 51.0 Å². The summed E-state index contributed by atoms with van der Waals surface area (Å²) in [5.74, 6) is 0.815. The van der Waals surface area contributed by atoms with Gasteiger partial charge in [-0.15, -0.1) is 0 Å². The zero-order valence-corrected chi connectivity index (χ0v) is 11.1. The fourth-order valence-corrected chi connectivity index (χ4v) is 1.78. The Bertz CT molecular complexity index is 494. The highest BCUT2D eigenvalue weighted by Crippen LogP contribution is 2.13. The van der Waals surface area contributed by atoms with Crippen molar-refractivity contribution in [1.29, 1.82) is 0 Å². The smallest absolute Gasteiger partial charge is 0.182 e. The summed E-state index contributed by atoms with van der Waals surface area (Å²) >= 11 is 0. The largest absolute Gasteiger partial charge is 0.367 e. The number of rotatable bonds is 6. The van der Waals surface area contributed by atoms with Crippen molar-refractivity contribution in [3.05, 3.63) is 12.7 Å². The first-order valence-electron chi connectivity index (χ1n) is 6.30. The molecule has 2 rings (SSSR count). The number of fused-ring (bicyclic) bond motifs is 1. The van der Waals surface area contributed by atoms with E-state index < -0.39 is 0 Å². The molecule has 98 valence electrons. The Morgan fingerprint density at radius 3 is 3.00 bits per heavy atom. The summed E-state index contributed by atoms with van der Waals surface area (Å²) in [6.07, 6.45) is 4.33. The molecule has 0 saturated carbocycles. The van der Waals surface area contributed by atoms with Gasteiger partial charge in [-0.2, -0.15) is 0 Å². The highest BCUT2D eigenvalue weighted by atomic mass is 15.2. The van der Waals surface area contributed by atoms with E-state index in [1.54, 1.807) is 6.33 Å². The van der Waals surface area contributed by atoms with Crippen LogP contribution in [0, 0.1) is 0 Å². The third-order valence-corrected chi connectivity index (χ3v) is 3.32. The quantitative estimate of drug-likeness (QED) is 0.810. The molecule has 6 heteroatoms. The number of imidazole rings is 1. The zero-order valence-electron chi connectivity index (χ0n) is 11.1. The van der Waals surface area contributed by atoms with Crippen LogP contribution in [0.3, 0.4) is 0 Å². The van der Waals surface area contributed by atoms with E-state index >= 15 is 0 Å². The summed E-state index contributed by atoms with van der Waals surface area (Å²) in [4.78, 5) is 17.8. The molecule has 1 unspecified atom stereocenters. The number of nitrogens with one attached hydrogen (secondary N) is 2. The molecule has 18 heavy (non-hydrogen) atoms. The highest BCUT2D eigenvalue weighted by molar-refractivity contribution is 5.81. The van der Waals surface area contributed by atoms with Crippen LogP contribution in [-0.2, 0) is 0 Å². The molecule has 2 aromatic heterocycles. The summed E-state index contributed by atoms with van der Waals surface area (Å²) in [6, 6.07) is 0.601. The van der Waals surface area contributed by atoms with Gasteiger partial charge in [0.25, 0.3) is 0 Å². The number of hydrogen-bond acceptors (Lipinski definition) is 5. The van der Waals surface area contributed by atoms with Gasteiger partial charge in [0.15, 0.2) is 11.5 Å². The standard InChI is InChI=1S/C12H20N6/c1-4-9(2)18(3)6-5-13-11-10-12(15-7-14-10)17-8-16-11/h7-9H,4-6H2,1-3H3,(H2,13,14,15,16,17). The average molecular weight is 248 g/mol. The zero-order chi connectivity index (χ0) is 13.0. The Labute approximate surface area is 107 Å². The maximum atomic E-state index is 4.23. The predicted molar refractivity (Wildman–Crippen MR) is 72.6 cm³/mol. The second kappa shape index (κ2) is 5.77. The lowest BCUT2D eigenvalue weighted by Crippen LogP contribution is -2.32. The second-order valence-corrected chi connectivity index (χ2v) is 4.49. The van der Waals surface area contributed by atoms with Crippen molar-refractivity contribution >= 4 is 17.0 Å². The molecule has 0 saturated heterocycles. The van der Waals surface area contributed by atoms with Gasteiger partial charge in [-0.05, 0) is 20.4 Å². The number of hydrogen-bond donors (Lipinski definition) is 2. The molecule has 2 N–H and O–H groups in total. The highest BCUT2D eigenvalue weighted by Gasteiger charge is 2.08. The van der Waals surface area contributed by atoms with Crippen LogP contribution in [-0.4, -0.2) is 51.0 Å². The minimum Gasteiger partial charge on any atom is -0.367 e. The van der Waals surface area contributed by atoms with Crippen LogP contribution in [0.1, 0.15) is 20.3 Å². The minimum absolute atomic E-state index is 0.601. The van der Waals surface area contributed by atoms with E-state index in [9.17, 15) is 0 Å². The first kappa shape index (κ1) is 12.8. The number of aromatic amines is 1. The van der Waals surface area contributed by atoms with Crippen molar-refractivity contribution < 1.29 is 0 Å². The van der Waals surface area contributed by atoms with Crippen LogP contribution in [0.5, 0.6) is 0 Å². The van der Waals surface area contributed by atoms with Gasteiger partial charge in [-0.25, -0.2) is 15.0 Å². The van der Waals surface area contributed by atoms with Crippen molar-refractivity contribution in [2.75, 3.05) is 25.5 Å². The Balaban J connectivity index is 1.92.